The van der Waals surface area contributed by atoms with E-state index in [0.717, 1.165) is 17.1 Å². The number of nitrogens with two attached hydrogens (primary N) is 1. The minimum Gasteiger partial charge on any atom is -0.375 e. The van der Waals surface area contributed by atoms with Gasteiger partial charge in [-0.15, -0.1) is 22.7 Å². The van der Waals surface area contributed by atoms with E-state index in [0.29, 0.717) is 5.13 Å². The summed E-state index contributed by atoms with van der Waals surface area (Å²) in [7, 11) is 0. The molecule has 0 radical (unpaired) electrons. The number of hydrogen-bond donors (Lipinski definition) is 1. The van der Waals surface area contributed by atoms with Crippen LogP contribution in [0.3, 0.4) is 0 Å². The molecule has 102 valence electrons. The van der Waals surface area contributed by atoms with E-state index in [-0.39, 0.29) is 0 Å². The van der Waals surface area contributed by atoms with Gasteiger partial charge in [-0.1, -0.05) is 12.8 Å². The van der Waals surface area contributed by atoms with E-state index in [1.54, 1.807) is 11.3 Å². The highest BCUT2D eigenvalue weighted by molar-refractivity contribution is 7.16. The highest BCUT2D eigenvalue weighted by Crippen LogP contribution is 2.29. The fourth-order valence-electron chi connectivity index (χ4n) is 2.39. The summed E-state index contributed by atoms with van der Waals surface area (Å²) in [5.74, 6) is 0. The predicted molar refractivity (Wildman–Crippen MR) is 81.4 cm³/mol. The highest BCUT2D eigenvalue weighted by atomic mass is 32.1. The maximum Gasteiger partial charge on any atom is 0.180 e. The van der Waals surface area contributed by atoms with Crippen molar-refractivity contribution in [3.63, 3.8) is 0 Å². The zero-order chi connectivity index (χ0) is 13.1. The van der Waals surface area contributed by atoms with Crippen molar-refractivity contribution in [2.75, 3.05) is 18.8 Å². The quantitative estimate of drug-likeness (QED) is 0.944. The molecule has 2 N–H and O–H groups in total. The fourth-order valence-corrected chi connectivity index (χ4v) is 3.95. The first-order chi connectivity index (χ1) is 9.31. The van der Waals surface area contributed by atoms with Gasteiger partial charge in [-0.2, -0.15) is 0 Å². The summed E-state index contributed by atoms with van der Waals surface area (Å²) in [6.45, 7) is 3.39. The average molecular weight is 294 g/mol. The number of aromatic nitrogens is 2. The molecule has 0 aromatic carbocycles. The van der Waals surface area contributed by atoms with Crippen LogP contribution in [0.2, 0.25) is 0 Å². The number of anilines is 1. The van der Waals surface area contributed by atoms with Crippen LogP contribution in [0.5, 0.6) is 0 Å². The van der Waals surface area contributed by atoms with Crippen molar-refractivity contribution in [3.05, 3.63) is 16.6 Å². The van der Waals surface area contributed by atoms with Crippen molar-refractivity contribution in [3.8, 4) is 10.6 Å². The van der Waals surface area contributed by atoms with Crippen LogP contribution >= 0.6 is 22.7 Å². The zero-order valence-corrected chi connectivity index (χ0v) is 12.5. The minimum absolute atomic E-state index is 0.623. The Morgan fingerprint density at radius 2 is 2.00 bits per heavy atom. The van der Waals surface area contributed by atoms with Crippen molar-refractivity contribution in [1.82, 2.24) is 14.9 Å². The lowest BCUT2D eigenvalue weighted by molar-refractivity contribution is 0.276. The van der Waals surface area contributed by atoms with Crippen molar-refractivity contribution >= 4 is 27.8 Å². The van der Waals surface area contributed by atoms with E-state index in [1.807, 2.05) is 11.6 Å². The van der Waals surface area contributed by atoms with Gasteiger partial charge in [0.05, 0.1) is 17.1 Å². The Morgan fingerprint density at radius 1 is 1.21 bits per heavy atom. The molecule has 1 aliphatic heterocycles. The minimum atomic E-state index is 0.623. The molecule has 0 atom stereocenters. The van der Waals surface area contributed by atoms with Gasteiger partial charge in [0.15, 0.2) is 5.13 Å². The number of rotatable bonds is 3. The van der Waals surface area contributed by atoms with Crippen LogP contribution in [-0.4, -0.2) is 28.0 Å². The van der Waals surface area contributed by atoms with E-state index in [9.17, 15) is 0 Å². The topological polar surface area (TPSA) is 55.0 Å². The molecule has 0 spiro atoms. The molecule has 19 heavy (non-hydrogen) atoms. The maximum atomic E-state index is 5.67. The smallest absolute Gasteiger partial charge is 0.180 e. The second-order valence-corrected chi connectivity index (χ2v) is 6.88. The van der Waals surface area contributed by atoms with Crippen molar-refractivity contribution in [1.29, 1.82) is 0 Å². The van der Waals surface area contributed by atoms with E-state index in [2.05, 4.69) is 14.9 Å². The molecular weight excluding hydrogens is 276 g/mol. The molecule has 6 heteroatoms. The molecule has 1 fully saturated rings. The van der Waals surface area contributed by atoms with Gasteiger partial charge < -0.3 is 5.73 Å². The summed E-state index contributed by atoms with van der Waals surface area (Å²) >= 11 is 3.22. The second kappa shape index (κ2) is 5.98. The monoisotopic (exact) mass is 294 g/mol. The molecule has 1 aliphatic rings. The molecule has 1 saturated heterocycles. The van der Waals surface area contributed by atoms with Gasteiger partial charge >= 0.3 is 0 Å². The summed E-state index contributed by atoms with van der Waals surface area (Å²) in [6, 6.07) is 0. The molecule has 0 saturated carbocycles. The van der Waals surface area contributed by atoms with Crippen LogP contribution in [0.1, 0.15) is 30.7 Å². The van der Waals surface area contributed by atoms with Crippen molar-refractivity contribution in [2.45, 2.75) is 32.2 Å². The van der Waals surface area contributed by atoms with Crippen molar-refractivity contribution < 1.29 is 0 Å². The lowest BCUT2D eigenvalue weighted by atomic mass is 10.2. The molecule has 0 bridgehead atoms. The Bertz CT molecular complexity index is 526. The molecule has 4 nitrogen and oxygen atoms in total. The zero-order valence-electron chi connectivity index (χ0n) is 10.8. The largest absolute Gasteiger partial charge is 0.375 e. The molecule has 3 heterocycles. The predicted octanol–water partition coefficient (Wildman–Crippen LogP) is 3.22. The summed E-state index contributed by atoms with van der Waals surface area (Å²) in [5, 5.41) is 3.80. The SMILES string of the molecule is Nc1nc(-c2cnc(CN3CCCCCC3)s2)cs1. The van der Waals surface area contributed by atoms with E-state index < -0.39 is 0 Å². The van der Waals surface area contributed by atoms with Crippen LogP contribution in [-0.2, 0) is 6.54 Å². The van der Waals surface area contributed by atoms with Crippen LogP contribution in [0.25, 0.3) is 10.6 Å². The number of nitrogens with zero attached hydrogens (tertiary/aromatic N) is 3. The van der Waals surface area contributed by atoms with Crippen LogP contribution in [0, 0.1) is 0 Å². The highest BCUT2D eigenvalue weighted by Gasteiger charge is 2.13. The molecule has 0 unspecified atom stereocenters. The third kappa shape index (κ3) is 3.32. The van der Waals surface area contributed by atoms with Crippen LogP contribution in [0.4, 0.5) is 5.13 Å². The Balaban J connectivity index is 1.67. The second-order valence-electron chi connectivity index (χ2n) is 4.88. The number of likely N-dealkylation sites (tertiary alicyclic amines) is 1. The first kappa shape index (κ1) is 13.0. The standard InChI is InChI=1S/C13H18N4S2/c14-13-16-10(9-18-13)11-7-15-12(19-11)8-17-5-3-1-2-4-6-17/h7,9H,1-6,8H2,(H2,14,16). The van der Waals surface area contributed by atoms with Gasteiger partial charge in [-0.25, -0.2) is 9.97 Å². The molecule has 2 aromatic rings. The van der Waals surface area contributed by atoms with Gasteiger partial charge in [0.1, 0.15) is 5.01 Å². The third-order valence-electron chi connectivity index (χ3n) is 3.39. The van der Waals surface area contributed by atoms with Crippen LogP contribution < -0.4 is 5.73 Å². The van der Waals surface area contributed by atoms with Gasteiger partial charge in [0.2, 0.25) is 0 Å². The summed E-state index contributed by atoms with van der Waals surface area (Å²) in [6.07, 6.45) is 7.31. The Hall–Kier alpha value is -0.980. The van der Waals surface area contributed by atoms with Gasteiger partial charge in [-0.05, 0) is 25.9 Å². The first-order valence-corrected chi connectivity index (χ1v) is 8.39. The Morgan fingerprint density at radius 3 is 2.68 bits per heavy atom. The summed E-state index contributed by atoms with van der Waals surface area (Å²) in [4.78, 5) is 12.5. The van der Waals surface area contributed by atoms with Gasteiger partial charge in [0, 0.05) is 11.6 Å². The summed E-state index contributed by atoms with van der Waals surface area (Å²) in [5.41, 5.74) is 6.63. The molecule has 2 aromatic heterocycles. The molecular formula is C13H18N4S2. The molecule has 0 aliphatic carbocycles. The van der Waals surface area contributed by atoms with Gasteiger partial charge in [-0.3, -0.25) is 4.90 Å². The normalized spacial score (nSPS) is 17.5. The van der Waals surface area contributed by atoms with E-state index >= 15 is 0 Å². The van der Waals surface area contributed by atoms with E-state index in [4.69, 9.17) is 5.73 Å². The first-order valence-electron chi connectivity index (χ1n) is 6.70. The Kier molecular flexibility index (Phi) is 4.10. The lowest BCUT2D eigenvalue weighted by Gasteiger charge is -2.17. The van der Waals surface area contributed by atoms with Gasteiger partial charge in [0.25, 0.3) is 0 Å². The number of thiazole rings is 2. The fraction of sp³-hybridized carbons (Fsp3) is 0.538. The average Bonchev–Trinajstić information content (AvgIpc) is 2.94. The third-order valence-corrected chi connectivity index (χ3v) is 5.06. The lowest BCUT2D eigenvalue weighted by Crippen LogP contribution is -2.23. The number of hydrogen-bond acceptors (Lipinski definition) is 6. The maximum absolute atomic E-state index is 5.67. The number of nitrogen functional groups attached to an aromatic ring is 1. The molecule has 3 rings (SSSR count). The Labute approximate surface area is 121 Å². The summed E-state index contributed by atoms with van der Waals surface area (Å²) < 4.78 is 0. The van der Waals surface area contributed by atoms with E-state index in [1.165, 1.54) is 55.1 Å². The molecule has 0 amide bonds. The van der Waals surface area contributed by atoms with Crippen LogP contribution in [0.15, 0.2) is 11.6 Å². The van der Waals surface area contributed by atoms with Crippen molar-refractivity contribution in [2.24, 2.45) is 0 Å².